The molecule has 1 unspecified atom stereocenters. The predicted molar refractivity (Wildman–Crippen MR) is 110 cm³/mol. The van der Waals surface area contributed by atoms with Crippen molar-refractivity contribution in [2.75, 3.05) is 13.7 Å². The molecule has 150 valence electrons. The van der Waals surface area contributed by atoms with Crippen molar-refractivity contribution >= 4 is 11.8 Å². The lowest BCUT2D eigenvalue weighted by Gasteiger charge is -2.19. The molecule has 1 heterocycles. The van der Waals surface area contributed by atoms with Gasteiger partial charge in [0.15, 0.2) is 0 Å². The highest BCUT2D eigenvalue weighted by atomic mass is 16.5. The lowest BCUT2D eigenvalue weighted by atomic mass is 10.1. The molecule has 0 aliphatic heterocycles. The van der Waals surface area contributed by atoms with Crippen LogP contribution < -0.4 is 15.4 Å². The number of rotatable bonds is 8. The maximum atomic E-state index is 12.6. The number of nitrogens with zero attached hydrogens (tertiary/aromatic N) is 2. The number of ether oxygens (including phenoxy) is 1. The van der Waals surface area contributed by atoms with Crippen molar-refractivity contribution in [3.8, 4) is 5.75 Å². The number of imidazole rings is 1. The van der Waals surface area contributed by atoms with Crippen molar-refractivity contribution in [1.82, 2.24) is 20.2 Å². The van der Waals surface area contributed by atoms with E-state index in [0.717, 1.165) is 17.1 Å². The van der Waals surface area contributed by atoms with Gasteiger partial charge >= 0.3 is 0 Å². The van der Waals surface area contributed by atoms with Crippen LogP contribution in [0.25, 0.3) is 0 Å². The van der Waals surface area contributed by atoms with Gasteiger partial charge in [0.2, 0.25) is 5.91 Å². The van der Waals surface area contributed by atoms with Crippen LogP contribution in [0.3, 0.4) is 0 Å². The Morgan fingerprint density at radius 1 is 1.10 bits per heavy atom. The normalized spacial score (nSPS) is 11.5. The molecule has 0 spiro atoms. The Hall–Kier alpha value is -3.61. The van der Waals surface area contributed by atoms with E-state index in [2.05, 4.69) is 15.6 Å². The Morgan fingerprint density at radius 2 is 1.83 bits per heavy atom. The Bertz CT molecular complexity index is 952. The first kappa shape index (κ1) is 20.1. The van der Waals surface area contributed by atoms with E-state index in [1.54, 1.807) is 37.6 Å². The van der Waals surface area contributed by atoms with E-state index in [-0.39, 0.29) is 24.8 Å². The molecule has 29 heavy (non-hydrogen) atoms. The number of carbonyl (C=O) groups excluding carboxylic acids is 2. The Morgan fingerprint density at radius 3 is 2.45 bits per heavy atom. The molecule has 1 aromatic heterocycles. The second-order valence-electron chi connectivity index (χ2n) is 6.54. The van der Waals surface area contributed by atoms with Gasteiger partial charge in [0, 0.05) is 38.0 Å². The third kappa shape index (κ3) is 5.22. The van der Waals surface area contributed by atoms with Crippen molar-refractivity contribution in [3.05, 3.63) is 83.9 Å². The molecule has 3 aromatic rings. The number of methoxy groups -OCH3 is 1. The minimum absolute atomic E-state index is 0.162. The fraction of sp³-hybridized carbons (Fsp3) is 0.227. The summed E-state index contributed by atoms with van der Waals surface area (Å²) in [6.07, 6.45) is 3.69. The van der Waals surface area contributed by atoms with E-state index < -0.39 is 6.04 Å². The highest BCUT2D eigenvalue weighted by Gasteiger charge is 2.20. The van der Waals surface area contributed by atoms with Crippen LogP contribution >= 0.6 is 0 Å². The van der Waals surface area contributed by atoms with E-state index >= 15 is 0 Å². The SMILES string of the molecule is COc1ccc(C(NC(=O)CCNC(=O)c2ccccc2)c2nccn2C)cc1. The molecule has 2 amide bonds. The Labute approximate surface area is 169 Å². The van der Waals surface area contributed by atoms with Gasteiger partial charge in [-0.2, -0.15) is 0 Å². The summed E-state index contributed by atoms with van der Waals surface area (Å²) in [5.74, 6) is 1.08. The smallest absolute Gasteiger partial charge is 0.251 e. The summed E-state index contributed by atoms with van der Waals surface area (Å²) in [6.45, 7) is 0.245. The maximum Gasteiger partial charge on any atom is 0.251 e. The molecule has 3 rings (SSSR count). The van der Waals surface area contributed by atoms with Crippen LogP contribution in [0.15, 0.2) is 67.0 Å². The van der Waals surface area contributed by atoms with Gasteiger partial charge in [-0.25, -0.2) is 4.98 Å². The van der Waals surface area contributed by atoms with Crippen molar-refractivity contribution < 1.29 is 14.3 Å². The zero-order valence-corrected chi connectivity index (χ0v) is 16.5. The molecular formula is C22H24N4O3. The van der Waals surface area contributed by atoms with Crippen molar-refractivity contribution in [2.45, 2.75) is 12.5 Å². The number of aryl methyl sites for hydroxylation is 1. The standard InChI is InChI=1S/C22H24N4O3/c1-26-15-14-23-21(26)20(16-8-10-18(29-2)11-9-16)25-19(27)12-13-24-22(28)17-6-4-3-5-7-17/h3-11,14-15,20H,12-13H2,1-2H3,(H,24,28)(H,25,27). The molecule has 0 aliphatic rings. The van der Waals surface area contributed by atoms with E-state index in [1.807, 2.05) is 48.1 Å². The van der Waals surface area contributed by atoms with Gasteiger partial charge < -0.3 is 19.9 Å². The lowest BCUT2D eigenvalue weighted by molar-refractivity contribution is -0.121. The van der Waals surface area contributed by atoms with Crippen LogP contribution in [0.1, 0.15) is 34.2 Å². The summed E-state index contributed by atoms with van der Waals surface area (Å²) in [7, 11) is 3.49. The maximum absolute atomic E-state index is 12.6. The number of hydrogen-bond acceptors (Lipinski definition) is 4. The molecule has 7 nitrogen and oxygen atoms in total. The molecule has 0 bridgehead atoms. The minimum atomic E-state index is -0.404. The predicted octanol–water partition coefficient (Wildman–Crippen LogP) is 2.45. The fourth-order valence-corrected chi connectivity index (χ4v) is 2.96. The first-order valence-corrected chi connectivity index (χ1v) is 9.32. The lowest BCUT2D eigenvalue weighted by Crippen LogP contribution is -2.34. The molecule has 0 aliphatic carbocycles. The molecular weight excluding hydrogens is 368 g/mol. The van der Waals surface area contributed by atoms with Gasteiger partial charge in [-0.1, -0.05) is 30.3 Å². The number of benzene rings is 2. The van der Waals surface area contributed by atoms with E-state index in [4.69, 9.17) is 4.74 Å². The Kier molecular flexibility index (Phi) is 6.63. The van der Waals surface area contributed by atoms with Gasteiger partial charge in [-0.15, -0.1) is 0 Å². The van der Waals surface area contributed by atoms with Crippen LogP contribution in [0.4, 0.5) is 0 Å². The molecule has 0 saturated carbocycles. The molecule has 0 saturated heterocycles. The van der Waals surface area contributed by atoms with Crippen molar-refractivity contribution in [1.29, 1.82) is 0 Å². The molecule has 0 fully saturated rings. The largest absolute Gasteiger partial charge is 0.497 e. The summed E-state index contributed by atoms with van der Waals surface area (Å²) in [6, 6.07) is 16.0. The van der Waals surface area contributed by atoms with Crippen molar-refractivity contribution in [3.63, 3.8) is 0 Å². The van der Waals surface area contributed by atoms with E-state index in [0.29, 0.717) is 5.56 Å². The first-order chi connectivity index (χ1) is 14.1. The second kappa shape index (κ2) is 9.54. The quantitative estimate of drug-likeness (QED) is 0.617. The average molecular weight is 392 g/mol. The molecule has 7 heteroatoms. The highest BCUT2D eigenvalue weighted by molar-refractivity contribution is 5.94. The van der Waals surface area contributed by atoms with Crippen LogP contribution in [0, 0.1) is 0 Å². The van der Waals surface area contributed by atoms with Gasteiger partial charge in [0.25, 0.3) is 5.91 Å². The van der Waals surface area contributed by atoms with E-state index in [1.165, 1.54) is 0 Å². The second-order valence-corrected chi connectivity index (χ2v) is 6.54. The van der Waals surface area contributed by atoms with Gasteiger partial charge in [0.05, 0.1) is 7.11 Å². The molecule has 1 atom stereocenters. The summed E-state index contributed by atoms with van der Waals surface area (Å²) < 4.78 is 7.08. The van der Waals surface area contributed by atoms with E-state index in [9.17, 15) is 9.59 Å². The van der Waals surface area contributed by atoms with Crippen LogP contribution in [-0.2, 0) is 11.8 Å². The first-order valence-electron chi connectivity index (χ1n) is 9.32. The third-order valence-corrected chi connectivity index (χ3v) is 4.54. The van der Waals surface area contributed by atoms with Crippen LogP contribution in [0.2, 0.25) is 0 Å². The summed E-state index contributed by atoms with van der Waals surface area (Å²) in [5.41, 5.74) is 1.46. The summed E-state index contributed by atoms with van der Waals surface area (Å²) in [5, 5.41) is 5.78. The van der Waals surface area contributed by atoms with Gasteiger partial charge in [-0.3, -0.25) is 9.59 Å². The topological polar surface area (TPSA) is 85.2 Å². The zero-order chi connectivity index (χ0) is 20.6. The minimum Gasteiger partial charge on any atom is -0.497 e. The number of nitrogens with one attached hydrogen (secondary N) is 2. The fourth-order valence-electron chi connectivity index (χ4n) is 2.96. The number of aromatic nitrogens is 2. The average Bonchev–Trinajstić information content (AvgIpc) is 3.18. The third-order valence-electron chi connectivity index (χ3n) is 4.54. The van der Waals surface area contributed by atoms with Crippen molar-refractivity contribution in [2.24, 2.45) is 7.05 Å². The highest BCUT2D eigenvalue weighted by Crippen LogP contribution is 2.23. The molecule has 0 radical (unpaired) electrons. The van der Waals surface area contributed by atoms with Gasteiger partial charge in [-0.05, 0) is 29.8 Å². The Balaban J connectivity index is 1.63. The van der Waals surface area contributed by atoms with Gasteiger partial charge in [0.1, 0.15) is 17.6 Å². The monoisotopic (exact) mass is 392 g/mol. The number of carbonyl (C=O) groups is 2. The summed E-state index contributed by atoms with van der Waals surface area (Å²) >= 11 is 0. The van der Waals surface area contributed by atoms with Crippen LogP contribution in [0.5, 0.6) is 5.75 Å². The summed E-state index contributed by atoms with van der Waals surface area (Å²) in [4.78, 5) is 29.0. The van der Waals surface area contributed by atoms with Crippen LogP contribution in [-0.4, -0.2) is 35.0 Å². The number of hydrogen-bond donors (Lipinski definition) is 2. The molecule has 2 aromatic carbocycles. The number of amides is 2. The molecule has 2 N–H and O–H groups in total. The zero-order valence-electron chi connectivity index (χ0n) is 16.5.